The molecule has 0 aliphatic carbocycles. The van der Waals surface area contributed by atoms with Crippen LogP contribution in [0.3, 0.4) is 0 Å². The number of carboxylic acids is 1. The first-order valence-electron chi connectivity index (χ1n) is 5.65. The maximum Gasteiger partial charge on any atom is 0.337 e. The zero-order valence-corrected chi connectivity index (χ0v) is 11.1. The molecule has 2 aromatic rings. The van der Waals surface area contributed by atoms with Gasteiger partial charge in [-0.2, -0.15) is 0 Å². The number of carbonyl (C=O) groups is 2. The van der Waals surface area contributed by atoms with Gasteiger partial charge in [0.15, 0.2) is 0 Å². The zero-order chi connectivity index (χ0) is 14.5. The summed E-state index contributed by atoms with van der Waals surface area (Å²) in [6, 6.07) is 7.46. The Kier molecular flexibility index (Phi) is 4.17. The van der Waals surface area contributed by atoms with Crippen molar-refractivity contribution < 1.29 is 19.8 Å². The summed E-state index contributed by atoms with van der Waals surface area (Å²) >= 11 is 1.49. The fourth-order valence-corrected chi connectivity index (χ4v) is 2.15. The van der Waals surface area contributed by atoms with E-state index in [1.807, 2.05) is 17.5 Å². The van der Waals surface area contributed by atoms with Crippen LogP contribution in [0, 0.1) is 0 Å². The van der Waals surface area contributed by atoms with Crippen LogP contribution in [-0.2, 0) is 4.79 Å². The van der Waals surface area contributed by atoms with E-state index in [2.05, 4.69) is 5.32 Å². The molecule has 1 amide bonds. The van der Waals surface area contributed by atoms with Gasteiger partial charge >= 0.3 is 5.97 Å². The van der Waals surface area contributed by atoms with Crippen molar-refractivity contribution in [2.45, 2.75) is 0 Å². The summed E-state index contributed by atoms with van der Waals surface area (Å²) in [5, 5.41) is 22.6. The van der Waals surface area contributed by atoms with Crippen LogP contribution >= 0.6 is 11.3 Å². The molecular weight excluding hydrogens is 278 g/mol. The Hall–Kier alpha value is -2.60. The number of hydrogen-bond donors (Lipinski definition) is 3. The highest BCUT2D eigenvalue weighted by Crippen LogP contribution is 2.21. The summed E-state index contributed by atoms with van der Waals surface area (Å²) in [6.07, 6.45) is 2.96. The molecule has 0 fully saturated rings. The number of nitrogens with one attached hydrogen (secondary N) is 1. The van der Waals surface area contributed by atoms with E-state index in [4.69, 9.17) is 5.11 Å². The number of benzene rings is 1. The molecule has 0 bridgehead atoms. The molecule has 0 saturated carbocycles. The lowest BCUT2D eigenvalue weighted by Gasteiger charge is -2.06. The highest BCUT2D eigenvalue weighted by atomic mass is 32.1. The van der Waals surface area contributed by atoms with Crippen LogP contribution in [-0.4, -0.2) is 22.1 Å². The number of rotatable bonds is 4. The molecule has 102 valence electrons. The first-order valence-corrected chi connectivity index (χ1v) is 6.53. The number of phenolic OH excluding ortho intramolecular Hbond substituents is 1. The molecule has 3 N–H and O–H groups in total. The second-order valence-corrected chi connectivity index (χ2v) is 4.85. The van der Waals surface area contributed by atoms with Crippen LogP contribution in [0.1, 0.15) is 15.2 Å². The first kappa shape index (κ1) is 13.8. The van der Waals surface area contributed by atoms with E-state index < -0.39 is 11.9 Å². The molecule has 0 radical (unpaired) electrons. The van der Waals surface area contributed by atoms with Gasteiger partial charge < -0.3 is 15.5 Å². The molecule has 0 spiro atoms. The van der Waals surface area contributed by atoms with Crippen molar-refractivity contribution in [1.29, 1.82) is 0 Å². The van der Waals surface area contributed by atoms with Crippen LogP contribution < -0.4 is 5.32 Å². The first-order chi connectivity index (χ1) is 9.56. The fourth-order valence-electron chi connectivity index (χ4n) is 1.54. The number of aromatic hydroxyl groups is 1. The number of amides is 1. The average Bonchev–Trinajstić information content (AvgIpc) is 2.91. The molecule has 20 heavy (non-hydrogen) atoms. The van der Waals surface area contributed by atoms with Gasteiger partial charge in [-0.25, -0.2) is 4.79 Å². The Morgan fingerprint density at radius 2 is 2.05 bits per heavy atom. The Morgan fingerprint density at radius 1 is 1.25 bits per heavy atom. The van der Waals surface area contributed by atoms with Crippen LogP contribution in [0.4, 0.5) is 5.69 Å². The summed E-state index contributed by atoms with van der Waals surface area (Å²) in [4.78, 5) is 23.7. The van der Waals surface area contributed by atoms with Gasteiger partial charge in [0, 0.05) is 11.0 Å². The quantitative estimate of drug-likeness (QED) is 0.596. The van der Waals surface area contributed by atoms with Crippen LogP contribution in [0.25, 0.3) is 6.08 Å². The van der Waals surface area contributed by atoms with Crippen LogP contribution in [0.15, 0.2) is 41.8 Å². The maximum absolute atomic E-state index is 11.7. The smallest absolute Gasteiger partial charge is 0.337 e. The molecule has 2 rings (SSSR count). The number of carboxylic acid groups (broad SMARTS) is 1. The van der Waals surface area contributed by atoms with E-state index in [1.165, 1.54) is 29.5 Å². The van der Waals surface area contributed by atoms with Gasteiger partial charge in [0.2, 0.25) is 5.91 Å². The van der Waals surface area contributed by atoms with E-state index >= 15 is 0 Å². The largest absolute Gasteiger partial charge is 0.508 e. The van der Waals surface area contributed by atoms with Crippen LogP contribution in [0.2, 0.25) is 0 Å². The molecule has 0 aliphatic rings. The van der Waals surface area contributed by atoms with Crippen molar-refractivity contribution in [1.82, 2.24) is 0 Å². The van der Waals surface area contributed by atoms with E-state index in [0.29, 0.717) is 0 Å². The van der Waals surface area contributed by atoms with Gasteiger partial charge in [-0.05, 0) is 35.7 Å². The van der Waals surface area contributed by atoms with Crippen molar-refractivity contribution in [3.8, 4) is 5.75 Å². The lowest BCUT2D eigenvalue weighted by Crippen LogP contribution is -2.11. The summed E-state index contributed by atoms with van der Waals surface area (Å²) in [6.45, 7) is 0. The number of thiophene rings is 1. The van der Waals surface area contributed by atoms with E-state index in [-0.39, 0.29) is 17.0 Å². The zero-order valence-electron chi connectivity index (χ0n) is 10.2. The molecule has 0 atom stereocenters. The number of anilines is 1. The van der Waals surface area contributed by atoms with Crippen molar-refractivity contribution in [3.63, 3.8) is 0 Å². The molecule has 0 saturated heterocycles. The SMILES string of the molecule is O=C(C=Cc1cccs1)Nc1ccc(O)cc1C(=O)O. The molecule has 6 heteroatoms. The third kappa shape index (κ3) is 3.46. The highest BCUT2D eigenvalue weighted by Gasteiger charge is 2.12. The summed E-state index contributed by atoms with van der Waals surface area (Å²) in [7, 11) is 0. The Labute approximate surface area is 118 Å². The Bertz CT molecular complexity index is 662. The third-order valence-electron chi connectivity index (χ3n) is 2.43. The van der Waals surface area contributed by atoms with Gasteiger partial charge in [-0.15, -0.1) is 11.3 Å². The lowest BCUT2D eigenvalue weighted by atomic mass is 10.1. The van der Waals surface area contributed by atoms with Gasteiger partial charge in [-0.3, -0.25) is 4.79 Å². The second-order valence-electron chi connectivity index (χ2n) is 3.87. The third-order valence-corrected chi connectivity index (χ3v) is 3.27. The summed E-state index contributed by atoms with van der Waals surface area (Å²) in [5.74, 6) is -1.83. The van der Waals surface area contributed by atoms with Crippen molar-refractivity contribution >= 4 is 35.0 Å². The minimum absolute atomic E-state index is 0.135. The van der Waals surface area contributed by atoms with Gasteiger partial charge in [0.05, 0.1) is 11.3 Å². The molecule has 1 aromatic carbocycles. The number of aromatic carboxylic acids is 1. The second kappa shape index (κ2) is 6.03. The molecule has 1 aromatic heterocycles. The average molecular weight is 289 g/mol. The Morgan fingerprint density at radius 3 is 2.70 bits per heavy atom. The number of carbonyl (C=O) groups excluding carboxylic acids is 1. The molecule has 5 nitrogen and oxygen atoms in total. The summed E-state index contributed by atoms with van der Waals surface area (Å²) in [5.41, 5.74) is -0.0287. The van der Waals surface area contributed by atoms with Crippen LogP contribution in [0.5, 0.6) is 5.75 Å². The molecule has 1 heterocycles. The molecular formula is C14H11NO4S. The Balaban J connectivity index is 2.13. The van der Waals surface area contributed by atoms with Gasteiger partial charge in [0.1, 0.15) is 5.75 Å². The van der Waals surface area contributed by atoms with E-state index in [9.17, 15) is 14.7 Å². The minimum atomic E-state index is -1.22. The van der Waals surface area contributed by atoms with E-state index in [0.717, 1.165) is 10.9 Å². The maximum atomic E-state index is 11.7. The number of hydrogen-bond acceptors (Lipinski definition) is 4. The van der Waals surface area contributed by atoms with Crippen molar-refractivity contribution in [2.75, 3.05) is 5.32 Å². The predicted octanol–water partition coefficient (Wildman–Crippen LogP) is 2.80. The van der Waals surface area contributed by atoms with E-state index in [1.54, 1.807) is 6.08 Å². The highest BCUT2D eigenvalue weighted by molar-refractivity contribution is 7.10. The minimum Gasteiger partial charge on any atom is -0.508 e. The molecule has 0 unspecified atom stereocenters. The van der Waals surface area contributed by atoms with Crippen molar-refractivity contribution in [2.24, 2.45) is 0 Å². The number of phenols is 1. The normalized spacial score (nSPS) is 10.6. The topological polar surface area (TPSA) is 86.6 Å². The molecule has 0 aliphatic heterocycles. The van der Waals surface area contributed by atoms with Gasteiger partial charge in [-0.1, -0.05) is 6.07 Å². The summed E-state index contributed by atoms with van der Waals surface area (Å²) < 4.78 is 0. The van der Waals surface area contributed by atoms with Gasteiger partial charge in [0.25, 0.3) is 0 Å². The monoisotopic (exact) mass is 289 g/mol. The predicted molar refractivity (Wildman–Crippen MR) is 77.0 cm³/mol. The van der Waals surface area contributed by atoms with Crippen molar-refractivity contribution in [3.05, 3.63) is 52.2 Å². The lowest BCUT2D eigenvalue weighted by molar-refractivity contribution is -0.111. The standard InChI is InChI=1S/C14H11NO4S/c16-9-3-5-12(11(8-9)14(18)19)15-13(17)6-4-10-2-1-7-20-10/h1-8,16H,(H,15,17)(H,18,19). The fraction of sp³-hybridized carbons (Fsp3) is 0.